The predicted octanol–water partition coefficient (Wildman–Crippen LogP) is 3.86. The number of rotatable bonds is 4. The number of para-hydroxylation sites is 2. The van der Waals surface area contributed by atoms with Gasteiger partial charge in [-0.2, -0.15) is 0 Å². The standard InChI is InChI=1S/C19H15N3O3/c1-2-24-19(23)14-8-7-13(11-15(14)18-9-10-21-25-18)22-12-20-16-5-3-4-6-17(16)22/h3-12H,2H2,1H3. The van der Waals surface area contributed by atoms with E-state index in [1.54, 1.807) is 31.6 Å². The van der Waals surface area contributed by atoms with Gasteiger partial charge in [0, 0.05) is 17.3 Å². The van der Waals surface area contributed by atoms with Gasteiger partial charge in [0.2, 0.25) is 0 Å². The number of carbonyl (C=O) groups excluding carboxylic acids is 1. The van der Waals surface area contributed by atoms with Crippen LogP contribution in [0.2, 0.25) is 0 Å². The van der Waals surface area contributed by atoms with Gasteiger partial charge in [0.1, 0.15) is 6.33 Å². The second-order valence-corrected chi connectivity index (χ2v) is 5.43. The maximum absolute atomic E-state index is 12.3. The van der Waals surface area contributed by atoms with E-state index in [2.05, 4.69) is 10.1 Å². The largest absolute Gasteiger partial charge is 0.462 e. The Bertz CT molecular complexity index is 1040. The number of benzene rings is 2. The Morgan fingerprint density at radius 1 is 1.20 bits per heavy atom. The number of fused-ring (bicyclic) bond motifs is 1. The summed E-state index contributed by atoms with van der Waals surface area (Å²) < 4.78 is 12.4. The van der Waals surface area contributed by atoms with E-state index in [1.807, 2.05) is 41.0 Å². The summed E-state index contributed by atoms with van der Waals surface area (Å²) in [5, 5.41) is 3.74. The van der Waals surface area contributed by atoms with Crippen molar-refractivity contribution < 1.29 is 14.1 Å². The number of imidazole rings is 1. The Morgan fingerprint density at radius 3 is 2.88 bits per heavy atom. The fraction of sp³-hybridized carbons (Fsp3) is 0.105. The van der Waals surface area contributed by atoms with Crippen molar-refractivity contribution in [3.8, 4) is 17.0 Å². The average Bonchev–Trinajstić information content (AvgIpc) is 3.31. The van der Waals surface area contributed by atoms with Crippen LogP contribution in [-0.2, 0) is 4.74 Å². The Kier molecular flexibility index (Phi) is 3.78. The Hall–Kier alpha value is -3.41. The fourth-order valence-corrected chi connectivity index (χ4v) is 2.79. The molecular weight excluding hydrogens is 318 g/mol. The number of carbonyl (C=O) groups is 1. The number of aromatic nitrogens is 3. The number of ether oxygens (including phenoxy) is 1. The van der Waals surface area contributed by atoms with Crippen LogP contribution in [-0.4, -0.2) is 27.3 Å². The van der Waals surface area contributed by atoms with Crippen molar-refractivity contribution >= 4 is 17.0 Å². The van der Waals surface area contributed by atoms with Crippen molar-refractivity contribution in [1.82, 2.24) is 14.7 Å². The summed E-state index contributed by atoms with van der Waals surface area (Å²) in [6.45, 7) is 2.08. The zero-order valence-corrected chi connectivity index (χ0v) is 13.5. The van der Waals surface area contributed by atoms with Gasteiger partial charge < -0.3 is 9.26 Å². The summed E-state index contributed by atoms with van der Waals surface area (Å²) in [4.78, 5) is 16.7. The lowest BCUT2D eigenvalue weighted by Crippen LogP contribution is -2.07. The Morgan fingerprint density at radius 2 is 2.08 bits per heavy atom. The van der Waals surface area contributed by atoms with Crippen LogP contribution in [0.1, 0.15) is 17.3 Å². The van der Waals surface area contributed by atoms with Crippen LogP contribution in [0.4, 0.5) is 0 Å². The molecule has 0 aliphatic carbocycles. The molecular formula is C19H15N3O3. The topological polar surface area (TPSA) is 70.2 Å². The number of nitrogens with zero attached hydrogens (tertiary/aromatic N) is 3. The number of esters is 1. The molecule has 0 atom stereocenters. The van der Waals surface area contributed by atoms with Gasteiger partial charge in [0.15, 0.2) is 5.76 Å². The van der Waals surface area contributed by atoms with Crippen molar-refractivity contribution in [2.24, 2.45) is 0 Å². The van der Waals surface area contributed by atoms with E-state index >= 15 is 0 Å². The Labute approximate surface area is 143 Å². The average molecular weight is 333 g/mol. The van der Waals surface area contributed by atoms with Crippen LogP contribution >= 0.6 is 0 Å². The highest BCUT2D eigenvalue weighted by Gasteiger charge is 2.18. The predicted molar refractivity (Wildman–Crippen MR) is 92.5 cm³/mol. The van der Waals surface area contributed by atoms with E-state index in [4.69, 9.17) is 9.26 Å². The SMILES string of the molecule is CCOC(=O)c1ccc(-n2cnc3ccccc32)cc1-c1ccno1. The number of hydrogen-bond donors (Lipinski definition) is 0. The van der Waals surface area contributed by atoms with Gasteiger partial charge in [-0.1, -0.05) is 17.3 Å². The fourth-order valence-electron chi connectivity index (χ4n) is 2.79. The van der Waals surface area contributed by atoms with Gasteiger partial charge in [-0.25, -0.2) is 9.78 Å². The highest BCUT2D eigenvalue weighted by atomic mass is 16.5. The smallest absolute Gasteiger partial charge is 0.338 e. The number of hydrogen-bond acceptors (Lipinski definition) is 5. The summed E-state index contributed by atoms with van der Waals surface area (Å²) in [5.41, 5.74) is 3.82. The lowest BCUT2D eigenvalue weighted by molar-refractivity contribution is 0.0527. The molecule has 0 saturated heterocycles. The molecule has 0 bridgehead atoms. The van der Waals surface area contributed by atoms with E-state index in [-0.39, 0.29) is 0 Å². The molecule has 6 heteroatoms. The normalized spacial score (nSPS) is 10.9. The highest BCUT2D eigenvalue weighted by Crippen LogP contribution is 2.28. The summed E-state index contributed by atoms with van der Waals surface area (Å²) in [5.74, 6) is 0.116. The lowest BCUT2D eigenvalue weighted by Gasteiger charge is -2.10. The third-order valence-corrected chi connectivity index (χ3v) is 3.93. The molecule has 2 heterocycles. The van der Waals surface area contributed by atoms with Crippen LogP contribution in [0.25, 0.3) is 28.0 Å². The molecule has 2 aromatic heterocycles. The molecule has 0 radical (unpaired) electrons. The van der Waals surface area contributed by atoms with Gasteiger partial charge in [-0.15, -0.1) is 0 Å². The third kappa shape index (κ3) is 2.67. The zero-order valence-electron chi connectivity index (χ0n) is 13.5. The summed E-state index contributed by atoms with van der Waals surface area (Å²) >= 11 is 0. The molecule has 2 aromatic carbocycles. The monoisotopic (exact) mass is 333 g/mol. The molecule has 0 unspecified atom stereocenters. The van der Waals surface area contributed by atoms with Crippen molar-refractivity contribution in [1.29, 1.82) is 0 Å². The second-order valence-electron chi connectivity index (χ2n) is 5.43. The van der Waals surface area contributed by atoms with E-state index in [9.17, 15) is 4.79 Å². The maximum atomic E-state index is 12.3. The Balaban J connectivity index is 1.88. The quantitative estimate of drug-likeness (QED) is 0.530. The van der Waals surface area contributed by atoms with Crippen LogP contribution in [0, 0.1) is 0 Å². The first-order valence-electron chi connectivity index (χ1n) is 7.92. The minimum Gasteiger partial charge on any atom is -0.462 e. The minimum atomic E-state index is -0.393. The molecule has 0 fully saturated rings. The molecule has 124 valence electrons. The first kappa shape index (κ1) is 15.1. The van der Waals surface area contributed by atoms with Crippen molar-refractivity contribution in [3.05, 3.63) is 66.6 Å². The van der Waals surface area contributed by atoms with Crippen molar-refractivity contribution in [3.63, 3.8) is 0 Å². The van der Waals surface area contributed by atoms with Crippen LogP contribution < -0.4 is 0 Å². The molecule has 4 aromatic rings. The summed E-state index contributed by atoms with van der Waals surface area (Å²) in [7, 11) is 0. The summed E-state index contributed by atoms with van der Waals surface area (Å²) in [6.07, 6.45) is 3.30. The molecule has 25 heavy (non-hydrogen) atoms. The van der Waals surface area contributed by atoms with Gasteiger partial charge in [0.05, 0.1) is 29.4 Å². The summed E-state index contributed by atoms with van der Waals surface area (Å²) in [6, 6.07) is 15.1. The molecule has 0 amide bonds. The first-order valence-corrected chi connectivity index (χ1v) is 7.92. The molecule has 0 aliphatic heterocycles. The maximum Gasteiger partial charge on any atom is 0.338 e. The molecule has 0 aliphatic rings. The van der Waals surface area contributed by atoms with Gasteiger partial charge in [0.25, 0.3) is 0 Å². The molecule has 4 rings (SSSR count). The van der Waals surface area contributed by atoms with Crippen LogP contribution in [0.5, 0.6) is 0 Å². The third-order valence-electron chi connectivity index (χ3n) is 3.93. The van der Waals surface area contributed by atoms with Crippen LogP contribution in [0.15, 0.2) is 65.6 Å². The van der Waals surface area contributed by atoms with E-state index in [0.29, 0.717) is 23.5 Å². The first-order chi connectivity index (χ1) is 12.3. The van der Waals surface area contributed by atoms with E-state index in [0.717, 1.165) is 16.7 Å². The molecule has 6 nitrogen and oxygen atoms in total. The van der Waals surface area contributed by atoms with Gasteiger partial charge >= 0.3 is 5.97 Å². The lowest BCUT2D eigenvalue weighted by atomic mass is 10.0. The molecule has 0 spiro atoms. The molecule has 0 saturated carbocycles. The minimum absolute atomic E-state index is 0.308. The van der Waals surface area contributed by atoms with Crippen molar-refractivity contribution in [2.45, 2.75) is 6.92 Å². The van der Waals surface area contributed by atoms with Crippen molar-refractivity contribution in [2.75, 3.05) is 6.61 Å². The zero-order chi connectivity index (χ0) is 17.2. The van der Waals surface area contributed by atoms with Crippen LogP contribution in [0.3, 0.4) is 0 Å². The second kappa shape index (κ2) is 6.24. The van der Waals surface area contributed by atoms with E-state index in [1.165, 1.54) is 0 Å². The van der Waals surface area contributed by atoms with Gasteiger partial charge in [-0.3, -0.25) is 4.57 Å². The van der Waals surface area contributed by atoms with Gasteiger partial charge in [-0.05, 0) is 37.3 Å². The highest BCUT2D eigenvalue weighted by molar-refractivity contribution is 5.97. The van der Waals surface area contributed by atoms with E-state index < -0.39 is 5.97 Å². The molecule has 0 N–H and O–H groups in total.